The molecule has 0 saturated carbocycles. The SMILES string of the molecule is CC1CCN(C(=O)NC(C)c2cn(-c3ccccc3)nn2)CC1. The highest BCUT2D eigenvalue weighted by atomic mass is 16.2. The minimum Gasteiger partial charge on any atom is -0.330 e. The molecule has 2 amide bonds. The molecule has 3 rings (SSSR count). The van der Waals surface area contributed by atoms with Crippen molar-refractivity contribution in [3.05, 3.63) is 42.2 Å². The Morgan fingerprint density at radius 1 is 1.26 bits per heavy atom. The Morgan fingerprint density at radius 2 is 1.96 bits per heavy atom. The number of rotatable bonds is 3. The van der Waals surface area contributed by atoms with Crippen molar-refractivity contribution >= 4 is 6.03 Å². The number of hydrogen-bond acceptors (Lipinski definition) is 3. The highest BCUT2D eigenvalue weighted by Gasteiger charge is 2.22. The zero-order valence-corrected chi connectivity index (χ0v) is 13.6. The first-order valence-corrected chi connectivity index (χ1v) is 8.16. The first kappa shape index (κ1) is 15.5. The van der Waals surface area contributed by atoms with Gasteiger partial charge in [-0.1, -0.05) is 30.3 Å². The minimum atomic E-state index is -0.167. The van der Waals surface area contributed by atoms with Gasteiger partial charge in [0.25, 0.3) is 0 Å². The third-order valence-corrected chi connectivity index (χ3v) is 4.39. The van der Waals surface area contributed by atoms with Gasteiger partial charge >= 0.3 is 6.03 Å². The van der Waals surface area contributed by atoms with Crippen molar-refractivity contribution in [1.82, 2.24) is 25.2 Å². The summed E-state index contributed by atoms with van der Waals surface area (Å²) >= 11 is 0. The molecular weight excluding hydrogens is 290 g/mol. The van der Waals surface area contributed by atoms with Crippen LogP contribution >= 0.6 is 0 Å². The normalized spacial score (nSPS) is 17.0. The summed E-state index contributed by atoms with van der Waals surface area (Å²) in [5.74, 6) is 0.710. The minimum absolute atomic E-state index is 0.0151. The lowest BCUT2D eigenvalue weighted by Gasteiger charge is -2.31. The smallest absolute Gasteiger partial charge is 0.317 e. The second-order valence-electron chi connectivity index (χ2n) is 6.26. The predicted octanol–water partition coefficient (Wildman–Crippen LogP) is 2.77. The summed E-state index contributed by atoms with van der Waals surface area (Å²) in [6.07, 6.45) is 4.01. The molecule has 1 unspecified atom stereocenters. The zero-order chi connectivity index (χ0) is 16.2. The van der Waals surface area contributed by atoms with Crippen molar-refractivity contribution in [3.63, 3.8) is 0 Å². The van der Waals surface area contributed by atoms with Gasteiger partial charge in [0.05, 0.1) is 17.9 Å². The van der Waals surface area contributed by atoms with Crippen LogP contribution in [0.4, 0.5) is 4.79 Å². The van der Waals surface area contributed by atoms with Crippen LogP contribution in [0, 0.1) is 5.92 Å². The molecule has 1 aliphatic rings. The number of nitrogens with one attached hydrogen (secondary N) is 1. The Labute approximate surface area is 136 Å². The number of amides is 2. The molecule has 1 fully saturated rings. The molecule has 1 saturated heterocycles. The molecular formula is C17H23N5O. The maximum absolute atomic E-state index is 12.3. The number of carbonyl (C=O) groups excluding carboxylic acids is 1. The van der Waals surface area contributed by atoms with E-state index < -0.39 is 0 Å². The Bertz CT molecular complexity index is 646. The van der Waals surface area contributed by atoms with Crippen LogP contribution in [0.5, 0.6) is 0 Å². The fourth-order valence-corrected chi connectivity index (χ4v) is 2.74. The topological polar surface area (TPSA) is 63.1 Å². The van der Waals surface area contributed by atoms with Crippen LogP contribution in [0.3, 0.4) is 0 Å². The van der Waals surface area contributed by atoms with Gasteiger partial charge in [-0.15, -0.1) is 5.10 Å². The Balaban J connectivity index is 1.61. The summed E-state index contributed by atoms with van der Waals surface area (Å²) < 4.78 is 1.72. The number of carbonyl (C=O) groups is 1. The van der Waals surface area contributed by atoms with E-state index in [0.717, 1.165) is 37.3 Å². The van der Waals surface area contributed by atoms with E-state index in [1.807, 2.05) is 48.4 Å². The Hall–Kier alpha value is -2.37. The number of para-hydroxylation sites is 1. The van der Waals surface area contributed by atoms with Gasteiger partial charge in [0.2, 0.25) is 0 Å². The highest BCUT2D eigenvalue weighted by Crippen LogP contribution is 2.17. The maximum Gasteiger partial charge on any atom is 0.317 e. The van der Waals surface area contributed by atoms with E-state index in [9.17, 15) is 4.79 Å². The molecule has 0 aliphatic carbocycles. The van der Waals surface area contributed by atoms with Crippen molar-refractivity contribution in [2.24, 2.45) is 5.92 Å². The van der Waals surface area contributed by atoms with Crippen molar-refractivity contribution in [3.8, 4) is 5.69 Å². The van der Waals surface area contributed by atoms with Crippen LogP contribution in [-0.2, 0) is 0 Å². The lowest BCUT2D eigenvalue weighted by molar-refractivity contribution is 0.171. The molecule has 1 aliphatic heterocycles. The molecule has 6 nitrogen and oxygen atoms in total. The van der Waals surface area contributed by atoms with Gasteiger partial charge in [0.15, 0.2) is 0 Å². The number of urea groups is 1. The molecule has 2 aromatic rings. The van der Waals surface area contributed by atoms with Gasteiger partial charge in [-0.25, -0.2) is 9.48 Å². The lowest BCUT2D eigenvalue weighted by atomic mass is 10.00. The van der Waals surface area contributed by atoms with Crippen molar-refractivity contribution in [2.45, 2.75) is 32.7 Å². The number of aromatic nitrogens is 3. The second kappa shape index (κ2) is 6.81. The van der Waals surface area contributed by atoms with Gasteiger partial charge in [0.1, 0.15) is 5.69 Å². The van der Waals surface area contributed by atoms with E-state index in [1.165, 1.54) is 0 Å². The predicted molar refractivity (Wildman–Crippen MR) is 88.3 cm³/mol. The van der Waals surface area contributed by atoms with Crippen LogP contribution < -0.4 is 5.32 Å². The third kappa shape index (κ3) is 3.70. The molecule has 0 radical (unpaired) electrons. The van der Waals surface area contributed by atoms with Crippen LogP contribution in [0.2, 0.25) is 0 Å². The van der Waals surface area contributed by atoms with Crippen LogP contribution in [0.1, 0.15) is 38.4 Å². The van der Waals surface area contributed by atoms with Crippen molar-refractivity contribution < 1.29 is 4.79 Å². The molecule has 0 bridgehead atoms. The summed E-state index contributed by atoms with van der Waals surface area (Å²) in [5.41, 5.74) is 1.71. The molecule has 1 atom stereocenters. The number of nitrogens with zero attached hydrogens (tertiary/aromatic N) is 4. The summed E-state index contributed by atoms with van der Waals surface area (Å²) in [7, 11) is 0. The van der Waals surface area contributed by atoms with Gasteiger partial charge in [0, 0.05) is 13.1 Å². The summed E-state index contributed by atoms with van der Waals surface area (Å²) in [4.78, 5) is 14.2. The maximum atomic E-state index is 12.3. The largest absolute Gasteiger partial charge is 0.330 e. The molecule has 1 N–H and O–H groups in total. The number of likely N-dealkylation sites (tertiary alicyclic amines) is 1. The quantitative estimate of drug-likeness (QED) is 0.947. The molecule has 1 aromatic carbocycles. The fraction of sp³-hybridized carbons (Fsp3) is 0.471. The van der Waals surface area contributed by atoms with E-state index in [0.29, 0.717) is 5.92 Å². The third-order valence-electron chi connectivity index (χ3n) is 4.39. The molecule has 6 heteroatoms. The van der Waals surface area contributed by atoms with Gasteiger partial charge in [-0.2, -0.15) is 0 Å². The molecule has 122 valence electrons. The number of hydrogen-bond donors (Lipinski definition) is 1. The fourth-order valence-electron chi connectivity index (χ4n) is 2.74. The van der Waals surface area contributed by atoms with Crippen LogP contribution in [-0.4, -0.2) is 39.0 Å². The lowest BCUT2D eigenvalue weighted by Crippen LogP contribution is -2.44. The van der Waals surface area contributed by atoms with Gasteiger partial charge < -0.3 is 10.2 Å². The van der Waals surface area contributed by atoms with Crippen molar-refractivity contribution in [1.29, 1.82) is 0 Å². The average Bonchev–Trinajstić information content (AvgIpc) is 3.06. The first-order valence-electron chi connectivity index (χ1n) is 8.16. The highest BCUT2D eigenvalue weighted by molar-refractivity contribution is 5.74. The molecule has 1 aromatic heterocycles. The van der Waals surface area contributed by atoms with E-state index in [4.69, 9.17) is 0 Å². The summed E-state index contributed by atoms with van der Waals surface area (Å²) in [6.45, 7) is 5.83. The van der Waals surface area contributed by atoms with Crippen molar-refractivity contribution in [2.75, 3.05) is 13.1 Å². The standard InChI is InChI=1S/C17H23N5O/c1-13-8-10-21(11-9-13)17(23)18-14(2)16-12-22(20-19-16)15-6-4-3-5-7-15/h3-7,12-14H,8-11H2,1-2H3,(H,18,23). The van der Waals surface area contributed by atoms with Crippen LogP contribution in [0.15, 0.2) is 36.5 Å². The molecule has 23 heavy (non-hydrogen) atoms. The number of benzene rings is 1. The van der Waals surface area contributed by atoms with E-state index in [-0.39, 0.29) is 12.1 Å². The Morgan fingerprint density at radius 3 is 2.65 bits per heavy atom. The summed E-state index contributed by atoms with van der Waals surface area (Å²) in [5, 5.41) is 11.3. The molecule has 2 heterocycles. The van der Waals surface area contributed by atoms with Gasteiger partial charge in [-0.05, 0) is 37.8 Å². The number of piperidine rings is 1. The first-order chi connectivity index (χ1) is 11.1. The monoisotopic (exact) mass is 313 g/mol. The van der Waals surface area contributed by atoms with Gasteiger partial charge in [-0.3, -0.25) is 0 Å². The summed E-state index contributed by atoms with van der Waals surface area (Å²) in [6, 6.07) is 9.63. The molecule has 0 spiro atoms. The second-order valence-corrected chi connectivity index (χ2v) is 6.26. The van der Waals surface area contributed by atoms with E-state index >= 15 is 0 Å². The average molecular weight is 313 g/mol. The van der Waals surface area contributed by atoms with E-state index in [1.54, 1.807) is 4.68 Å². The van der Waals surface area contributed by atoms with E-state index in [2.05, 4.69) is 22.6 Å². The zero-order valence-electron chi connectivity index (χ0n) is 13.6. The Kier molecular flexibility index (Phi) is 4.60. The van der Waals surface area contributed by atoms with Crippen LogP contribution in [0.25, 0.3) is 5.69 Å².